The number of hydrogen-bond acceptors (Lipinski definition) is 9. The van der Waals surface area contributed by atoms with Crippen LogP contribution in [0.5, 0.6) is 11.5 Å². The van der Waals surface area contributed by atoms with Crippen molar-refractivity contribution < 1.29 is 9.84 Å². The lowest BCUT2D eigenvalue weighted by molar-refractivity contribution is 0.373. The highest BCUT2D eigenvalue weighted by Crippen LogP contribution is 2.26. The number of aromatic nitrogens is 3. The average molecular weight is 426 g/mol. The Morgan fingerprint density at radius 1 is 0.935 bits per heavy atom. The molecule has 9 nitrogen and oxygen atoms in total. The van der Waals surface area contributed by atoms with Crippen molar-refractivity contribution >= 4 is 24.1 Å². The highest BCUT2D eigenvalue weighted by atomic mass is 16.5. The number of ether oxygens (including phenoxy) is 1. The molecule has 1 N–H and O–H groups in total. The van der Waals surface area contributed by atoms with Gasteiger partial charge in [-0.2, -0.15) is 20.1 Å². The van der Waals surface area contributed by atoms with Crippen molar-refractivity contribution in [1.82, 2.24) is 15.0 Å². The molecule has 1 aromatic heterocycles. The minimum absolute atomic E-state index is 0.0778. The lowest BCUT2D eigenvalue weighted by atomic mass is 10.1. The van der Waals surface area contributed by atoms with Crippen LogP contribution in [0, 0.1) is 0 Å². The zero-order valence-corrected chi connectivity index (χ0v) is 18.4. The van der Waals surface area contributed by atoms with Gasteiger partial charge in [-0.3, -0.25) is 0 Å². The smallest absolute Gasteiger partial charge is 0.252 e. The summed E-state index contributed by atoms with van der Waals surface area (Å²) >= 11 is 0. The maximum atomic E-state index is 9.99. The zero-order valence-electron chi connectivity index (χ0n) is 18.4. The Morgan fingerprint density at radius 2 is 1.52 bits per heavy atom. The summed E-state index contributed by atoms with van der Waals surface area (Å²) in [5.41, 5.74) is 0.756. The minimum atomic E-state index is 0.0778. The van der Waals surface area contributed by atoms with Crippen molar-refractivity contribution in [2.45, 2.75) is 38.5 Å². The molecule has 0 spiro atoms. The fourth-order valence-corrected chi connectivity index (χ4v) is 3.95. The number of phenolic OH excluding ortho intramolecular Hbond substituents is 1. The lowest BCUT2D eigenvalue weighted by Gasteiger charge is -2.30. The fraction of sp³-hybridized carbons (Fsp3) is 0.545. The Balaban J connectivity index is 1.59. The van der Waals surface area contributed by atoms with Gasteiger partial charge in [-0.1, -0.05) is 0 Å². The predicted molar refractivity (Wildman–Crippen MR) is 123 cm³/mol. The number of hydrazone groups is 1. The number of nitrogens with zero attached hydrogens (tertiary/aromatic N) is 7. The third-order valence-electron chi connectivity index (χ3n) is 5.75. The molecule has 31 heavy (non-hydrogen) atoms. The van der Waals surface area contributed by atoms with E-state index < -0.39 is 0 Å². The molecule has 4 rings (SSSR count). The standard InChI is InChI=1S/C22H31N7O2/c1-27(23-16-17-9-10-19(31-2)18(30)15-17)20-24-21(28-11-5-3-6-12-28)26-22(25-20)29-13-7-4-8-14-29/h9-10,15-16,30H,3-8,11-14H2,1-2H3/b23-16+. The molecule has 0 aliphatic carbocycles. The van der Waals surface area contributed by atoms with Crippen molar-refractivity contribution in [1.29, 1.82) is 0 Å². The van der Waals surface area contributed by atoms with E-state index in [0.717, 1.165) is 69.3 Å². The monoisotopic (exact) mass is 425 g/mol. The molecule has 0 atom stereocenters. The lowest BCUT2D eigenvalue weighted by Crippen LogP contribution is -2.35. The van der Waals surface area contributed by atoms with Gasteiger partial charge in [0, 0.05) is 33.2 Å². The third-order valence-corrected chi connectivity index (χ3v) is 5.75. The van der Waals surface area contributed by atoms with Gasteiger partial charge in [-0.05, 0) is 62.3 Å². The van der Waals surface area contributed by atoms with Crippen LogP contribution >= 0.6 is 0 Å². The van der Waals surface area contributed by atoms with Gasteiger partial charge in [-0.25, -0.2) is 5.01 Å². The fourth-order valence-electron chi connectivity index (χ4n) is 3.95. The molecule has 1 aromatic carbocycles. The van der Waals surface area contributed by atoms with E-state index in [1.165, 1.54) is 20.0 Å². The van der Waals surface area contributed by atoms with Gasteiger partial charge in [0.25, 0.3) is 5.95 Å². The average Bonchev–Trinajstić information content (AvgIpc) is 2.83. The van der Waals surface area contributed by atoms with E-state index in [9.17, 15) is 5.11 Å². The maximum absolute atomic E-state index is 9.99. The van der Waals surface area contributed by atoms with Crippen molar-refractivity contribution in [2.75, 3.05) is 55.1 Å². The van der Waals surface area contributed by atoms with E-state index in [4.69, 9.17) is 19.7 Å². The molecule has 0 bridgehead atoms. The Morgan fingerprint density at radius 3 is 2.03 bits per heavy atom. The summed E-state index contributed by atoms with van der Waals surface area (Å²) < 4.78 is 5.10. The quantitative estimate of drug-likeness (QED) is 0.558. The van der Waals surface area contributed by atoms with Crippen LogP contribution in [0.1, 0.15) is 44.1 Å². The summed E-state index contributed by atoms with van der Waals surface area (Å²) in [6.45, 7) is 3.89. The molecule has 0 saturated carbocycles. The van der Waals surface area contributed by atoms with Crippen LogP contribution in [-0.4, -0.2) is 66.6 Å². The maximum Gasteiger partial charge on any atom is 0.252 e. The van der Waals surface area contributed by atoms with Crippen molar-refractivity contribution in [3.8, 4) is 11.5 Å². The van der Waals surface area contributed by atoms with E-state index >= 15 is 0 Å². The van der Waals surface area contributed by atoms with Gasteiger partial charge < -0.3 is 19.6 Å². The van der Waals surface area contributed by atoms with E-state index in [1.807, 2.05) is 13.1 Å². The topological polar surface area (TPSA) is 90.2 Å². The molecule has 9 heteroatoms. The van der Waals surface area contributed by atoms with Crippen LogP contribution in [0.15, 0.2) is 23.3 Å². The zero-order chi connectivity index (χ0) is 21.6. The first-order chi connectivity index (χ1) is 15.1. The second-order valence-corrected chi connectivity index (χ2v) is 8.03. The van der Waals surface area contributed by atoms with Gasteiger partial charge in [-0.15, -0.1) is 0 Å². The molecule has 2 fully saturated rings. The van der Waals surface area contributed by atoms with E-state index in [2.05, 4.69) is 14.9 Å². The van der Waals surface area contributed by atoms with Crippen LogP contribution in [0.25, 0.3) is 0 Å². The van der Waals surface area contributed by atoms with Gasteiger partial charge in [0.15, 0.2) is 11.5 Å². The Kier molecular flexibility index (Phi) is 6.69. The second kappa shape index (κ2) is 9.80. The van der Waals surface area contributed by atoms with Gasteiger partial charge in [0.1, 0.15) is 0 Å². The number of anilines is 3. The first kappa shape index (κ1) is 21.1. The molecule has 2 aliphatic rings. The second-order valence-electron chi connectivity index (χ2n) is 8.03. The Hall–Kier alpha value is -3.10. The summed E-state index contributed by atoms with van der Waals surface area (Å²) in [6.07, 6.45) is 8.83. The molecule has 166 valence electrons. The summed E-state index contributed by atoms with van der Waals surface area (Å²) in [4.78, 5) is 18.8. The minimum Gasteiger partial charge on any atom is -0.504 e. The highest BCUT2D eigenvalue weighted by molar-refractivity contribution is 5.81. The first-order valence-corrected chi connectivity index (χ1v) is 11.0. The van der Waals surface area contributed by atoms with Crippen LogP contribution < -0.4 is 19.5 Å². The first-order valence-electron chi connectivity index (χ1n) is 11.0. The van der Waals surface area contributed by atoms with Crippen LogP contribution in [-0.2, 0) is 0 Å². The van der Waals surface area contributed by atoms with E-state index in [1.54, 1.807) is 23.4 Å². The molecule has 0 amide bonds. The van der Waals surface area contributed by atoms with Gasteiger partial charge in [0.2, 0.25) is 11.9 Å². The molecular weight excluding hydrogens is 394 g/mol. The van der Waals surface area contributed by atoms with Crippen LogP contribution in [0.4, 0.5) is 17.8 Å². The predicted octanol–water partition coefficient (Wildman–Crippen LogP) is 3.04. The highest BCUT2D eigenvalue weighted by Gasteiger charge is 2.21. The van der Waals surface area contributed by atoms with Crippen LogP contribution in [0.2, 0.25) is 0 Å². The Labute approximate surface area is 183 Å². The number of hydrogen-bond donors (Lipinski definition) is 1. The molecule has 2 aliphatic heterocycles. The normalized spacial score (nSPS) is 17.2. The van der Waals surface area contributed by atoms with Gasteiger partial charge in [0.05, 0.1) is 13.3 Å². The number of aromatic hydroxyl groups is 1. The largest absolute Gasteiger partial charge is 0.504 e. The Bertz CT molecular complexity index is 872. The summed E-state index contributed by atoms with van der Waals surface area (Å²) in [5, 5.41) is 16.1. The summed E-state index contributed by atoms with van der Waals surface area (Å²) in [6, 6.07) is 5.16. The number of phenols is 1. The molecule has 2 aromatic rings. The molecule has 2 saturated heterocycles. The number of methoxy groups -OCH3 is 1. The molecular formula is C22H31N7O2. The summed E-state index contributed by atoms with van der Waals surface area (Å²) in [5.74, 6) is 2.49. The van der Waals surface area contributed by atoms with Crippen molar-refractivity contribution in [3.63, 3.8) is 0 Å². The van der Waals surface area contributed by atoms with Crippen LogP contribution in [0.3, 0.4) is 0 Å². The van der Waals surface area contributed by atoms with E-state index in [0.29, 0.717) is 11.7 Å². The molecule has 0 unspecified atom stereocenters. The molecule has 0 radical (unpaired) electrons. The SMILES string of the molecule is COc1ccc(/C=N/N(C)c2nc(N3CCCCC3)nc(N3CCCCC3)n2)cc1O. The van der Waals surface area contributed by atoms with E-state index in [-0.39, 0.29) is 5.75 Å². The number of piperidine rings is 2. The van der Waals surface area contributed by atoms with Crippen molar-refractivity contribution in [3.05, 3.63) is 23.8 Å². The molecule has 3 heterocycles. The van der Waals surface area contributed by atoms with Crippen molar-refractivity contribution in [2.24, 2.45) is 5.10 Å². The summed E-state index contributed by atoms with van der Waals surface area (Å²) in [7, 11) is 3.35. The van der Waals surface area contributed by atoms with Gasteiger partial charge >= 0.3 is 0 Å². The number of rotatable bonds is 6. The number of benzene rings is 1. The third kappa shape index (κ3) is 5.15.